The summed E-state index contributed by atoms with van der Waals surface area (Å²) in [5.41, 5.74) is 0.570. The van der Waals surface area contributed by atoms with Crippen molar-refractivity contribution in [3.63, 3.8) is 0 Å². The Morgan fingerprint density at radius 3 is 2.89 bits per heavy atom. The van der Waals surface area contributed by atoms with Crippen LogP contribution in [-0.4, -0.2) is 14.7 Å². The van der Waals surface area contributed by atoms with Crippen molar-refractivity contribution in [1.82, 2.24) is 9.78 Å². The van der Waals surface area contributed by atoms with Gasteiger partial charge in [0.25, 0.3) is 5.69 Å². The van der Waals surface area contributed by atoms with Crippen LogP contribution in [0.25, 0.3) is 0 Å². The minimum absolute atomic E-state index is 0.0629. The highest BCUT2D eigenvalue weighted by Gasteiger charge is 2.15. The Balaban J connectivity index is 2.40. The van der Waals surface area contributed by atoms with E-state index >= 15 is 0 Å². The molecule has 0 aliphatic rings. The number of rotatable bonds is 3. The molecular formula is C11H9N5O2. The molecule has 0 spiro atoms. The van der Waals surface area contributed by atoms with E-state index in [0.717, 1.165) is 0 Å². The van der Waals surface area contributed by atoms with Gasteiger partial charge in [0.1, 0.15) is 17.3 Å². The second-order valence-corrected chi connectivity index (χ2v) is 3.58. The number of aryl methyl sites for hydroxylation is 1. The molecule has 90 valence electrons. The molecule has 1 heterocycles. The fraction of sp³-hybridized carbons (Fsp3) is 0.0909. The van der Waals surface area contributed by atoms with Crippen molar-refractivity contribution in [1.29, 1.82) is 5.26 Å². The van der Waals surface area contributed by atoms with Crippen LogP contribution < -0.4 is 5.32 Å². The van der Waals surface area contributed by atoms with E-state index in [9.17, 15) is 10.1 Å². The first-order valence-corrected chi connectivity index (χ1v) is 5.06. The van der Waals surface area contributed by atoms with E-state index in [0.29, 0.717) is 17.1 Å². The maximum absolute atomic E-state index is 10.8. The molecule has 0 unspecified atom stereocenters. The number of nitro groups is 1. The fourth-order valence-electron chi connectivity index (χ4n) is 1.53. The Kier molecular flexibility index (Phi) is 2.93. The van der Waals surface area contributed by atoms with Crippen LogP contribution in [0.3, 0.4) is 0 Å². The zero-order chi connectivity index (χ0) is 13.1. The van der Waals surface area contributed by atoms with E-state index in [4.69, 9.17) is 5.26 Å². The summed E-state index contributed by atoms with van der Waals surface area (Å²) >= 11 is 0. The Labute approximate surface area is 102 Å². The third-order valence-corrected chi connectivity index (χ3v) is 2.30. The average Bonchev–Trinajstić information content (AvgIpc) is 2.70. The van der Waals surface area contributed by atoms with Crippen molar-refractivity contribution in [2.24, 2.45) is 7.05 Å². The van der Waals surface area contributed by atoms with Gasteiger partial charge in [-0.3, -0.25) is 14.8 Å². The van der Waals surface area contributed by atoms with Crippen molar-refractivity contribution in [3.8, 4) is 6.07 Å². The van der Waals surface area contributed by atoms with Crippen LogP contribution in [0, 0.1) is 21.4 Å². The summed E-state index contributed by atoms with van der Waals surface area (Å²) in [5, 5.41) is 26.6. The van der Waals surface area contributed by atoms with Crippen LogP contribution in [0.1, 0.15) is 5.56 Å². The Bertz CT molecular complexity index is 641. The van der Waals surface area contributed by atoms with Gasteiger partial charge in [0.05, 0.1) is 4.92 Å². The van der Waals surface area contributed by atoms with Crippen LogP contribution in [0.2, 0.25) is 0 Å². The number of nitrogens with zero attached hydrogens (tertiary/aromatic N) is 4. The van der Waals surface area contributed by atoms with Crippen molar-refractivity contribution >= 4 is 17.2 Å². The summed E-state index contributed by atoms with van der Waals surface area (Å²) in [5.74, 6) is 0.300. The largest absolute Gasteiger partial charge is 0.332 e. The molecule has 1 aromatic heterocycles. The molecule has 2 rings (SSSR count). The molecule has 0 amide bonds. The number of benzene rings is 1. The second kappa shape index (κ2) is 4.55. The lowest BCUT2D eigenvalue weighted by Crippen LogP contribution is -1.98. The van der Waals surface area contributed by atoms with Gasteiger partial charge in [0, 0.05) is 19.3 Å². The number of hydrogen-bond donors (Lipinski definition) is 1. The van der Waals surface area contributed by atoms with Crippen LogP contribution in [0.5, 0.6) is 0 Å². The normalized spacial score (nSPS) is 9.78. The summed E-state index contributed by atoms with van der Waals surface area (Å²) in [7, 11) is 1.67. The monoisotopic (exact) mass is 243 g/mol. The molecule has 7 heteroatoms. The van der Waals surface area contributed by atoms with E-state index < -0.39 is 4.92 Å². The van der Waals surface area contributed by atoms with Crippen molar-refractivity contribution in [2.75, 3.05) is 5.32 Å². The van der Waals surface area contributed by atoms with Gasteiger partial charge in [-0.2, -0.15) is 10.4 Å². The first kappa shape index (κ1) is 11.6. The first-order valence-electron chi connectivity index (χ1n) is 5.06. The van der Waals surface area contributed by atoms with Crippen molar-refractivity contribution in [3.05, 3.63) is 46.1 Å². The zero-order valence-electron chi connectivity index (χ0n) is 9.49. The molecule has 0 aliphatic carbocycles. The molecule has 18 heavy (non-hydrogen) atoms. The maximum atomic E-state index is 10.8. The number of nitriles is 1. The predicted molar refractivity (Wildman–Crippen MR) is 64.3 cm³/mol. The van der Waals surface area contributed by atoms with Crippen molar-refractivity contribution < 1.29 is 4.92 Å². The minimum atomic E-state index is -0.489. The van der Waals surface area contributed by atoms with Crippen LogP contribution in [0.4, 0.5) is 17.2 Å². The molecule has 0 atom stereocenters. The standard InChI is InChI=1S/C11H9N5O2/c1-15-7-8(6-12)11(14-15)13-9-4-2-3-5-10(9)16(17)18/h2-5,7H,1H3,(H,13,14). The number of aromatic nitrogens is 2. The van der Waals surface area contributed by atoms with Gasteiger partial charge < -0.3 is 5.32 Å². The number of nitrogens with one attached hydrogen (secondary N) is 1. The van der Waals surface area contributed by atoms with Crippen LogP contribution >= 0.6 is 0 Å². The summed E-state index contributed by atoms with van der Waals surface area (Å²) < 4.78 is 1.47. The number of para-hydroxylation sites is 2. The molecular weight excluding hydrogens is 234 g/mol. The Morgan fingerprint density at radius 2 is 2.22 bits per heavy atom. The highest BCUT2D eigenvalue weighted by atomic mass is 16.6. The van der Waals surface area contributed by atoms with Gasteiger partial charge in [-0.1, -0.05) is 12.1 Å². The smallest absolute Gasteiger partial charge is 0.292 e. The van der Waals surface area contributed by atoms with E-state index in [2.05, 4.69) is 10.4 Å². The second-order valence-electron chi connectivity index (χ2n) is 3.58. The van der Waals surface area contributed by atoms with Gasteiger partial charge >= 0.3 is 0 Å². The molecule has 7 nitrogen and oxygen atoms in total. The predicted octanol–water partition coefficient (Wildman–Crippen LogP) is 1.94. The molecule has 1 aromatic carbocycles. The lowest BCUT2D eigenvalue weighted by Gasteiger charge is -2.03. The van der Waals surface area contributed by atoms with Gasteiger partial charge in [-0.15, -0.1) is 0 Å². The summed E-state index contributed by atoms with van der Waals surface area (Å²) in [6.07, 6.45) is 1.54. The molecule has 1 N–H and O–H groups in total. The lowest BCUT2D eigenvalue weighted by molar-refractivity contribution is -0.383. The van der Waals surface area contributed by atoms with E-state index in [1.165, 1.54) is 16.9 Å². The number of anilines is 2. The SMILES string of the molecule is Cn1cc(C#N)c(Nc2ccccc2[N+](=O)[O-])n1. The Morgan fingerprint density at radius 1 is 1.50 bits per heavy atom. The molecule has 0 radical (unpaired) electrons. The average molecular weight is 243 g/mol. The van der Waals surface area contributed by atoms with Gasteiger partial charge in [-0.25, -0.2) is 0 Å². The number of hydrogen-bond acceptors (Lipinski definition) is 5. The highest BCUT2D eigenvalue weighted by Crippen LogP contribution is 2.27. The molecule has 0 fully saturated rings. The lowest BCUT2D eigenvalue weighted by atomic mass is 10.2. The van der Waals surface area contributed by atoms with Crippen molar-refractivity contribution in [2.45, 2.75) is 0 Å². The zero-order valence-corrected chi connectivity index (χ0v) is 9.49. The fourth-order valence-corrected chi connectivity index (χ4v) is 1.53. The van der Waals surface area contributed by atoms with Gasteiger partial charge in [0.2, 0.25) is 0 Å². The van der Waals surface area contributed by atoms with E-state index in [-0.39, 0.29) is 5.69 Å². The number of nitro benzene ring substituents is 1. The summed E-state index contributed by atoms with van der Waals surface area (Å²) in [6, 6.07) is 8.17. The summed E-state index contributed by atoms with van der Waals surface area (Å²) in [4.78, 5) is 10.4. The van der Waals surface area contributed by atoms with Gasteiger partial charge in [-0.05, 0) is 6.07 Å². The third-order valence-electron chi connectivity index (χ3n) is 2.30. The topological polar surface area (TPSA) is 96.8 Å². The van der Waals surface area contributed by atoms with E-state index in [1.54, 1.807) is 25.2 Å². The summed E-state index contributed by atoms with van der Waals surface area (Å²) in [6.45, 7) is 0. The molecule has 2 aromatic rings. The maximum Gasteiger partial charge on any atom is 0.292 e. The highest BCUT2D eigenvalue weighted by molar-refractivity contribution is 5.70. The molecule has 0 saturated heterocycles. The van der Waals surface area contributed by atoms with Crippen LogP contribution in [0.15, 0.2) is 30.5 Å². The molecule has 0 saturated carbocycles. The first-order chi connectivity index (χ1) is 8.61. The Hall–Kier alpha value is -2.88. The van der Waals surface area contributed by atoms with E-state index in [1.807, 2.05) is 6.07 Å². The molecule has 0 aliphatic heterocycles. The molecule has 0 bridgehead atoms. The van der Waals surface area contributed by atoms with Gasteiger partial charge in [0.15, 0.2) is 5.82 Å². The quantitative estimate of drug-likeness (QED) is 0.656. The third kappa shape index (κ3) is 2.12. The minimum Gasteiger partial charge on any atom is -0.332 e. The van der Waals surface area contributed by atoms with Crippen LogP contribution in [-0.2, 0) is 7.05 Å².